The van der Waals surface area contributed by atoms with Crippen molar-refractivity contribution in [2.75, 3.05) is 19.4 Å². The Hall–Kier alpha value is -3.08. The summed E-state index contributed by atoms with van der Waals surface area (Å²) in [5.74, 6) is -0.984. The largest absolute Gasteiger partial charge is 0.341 e. The predicted molar refractivity (Wildman–Crippen MR) is 120 cm³/mol. The minimum atomic E-state index is -3.67. The molecule has 1 aromatic heterocycles. The summed E-state index contributed by atoms with van der Waals surface area (Å²) in [5, 5.41) is 7.53. The fraction of sp³-hybridized carbons (Fsp3) is 0.190. The van der Waals surface area contributed by atoms with Crippen LogP contribution in [0.3, 0.4) is 0 Å². The number of hydrogen-bond acceptors (Lipinski definition) is 6. The van der Waals surface area contributed by atoms with Crippen LogP contribution in [-0.2, 0) is 14.8 Å². The maximum atomic E-state index is 12.5. The van der Waals surface area contributed by atoms with Crippen LogP contribution in [0.2, 0.25) is 0 Å². The Kier molecular flexibility index (Phi) is 6.84. The maximum Gasteiger partial charge on any atom is 0.251 e. The van der Waals surface area contributed by atoms with Crippen LogP contribution >= 0.6 is 11.3 Å². The third-order valence-corrected chi connectivity index (χ3v) is 6.99. The summed E-state index contributed by atoms with van der Waals surface area (Å²) in [4.78, 5) is 29.4. The average molecular weight is 459 g/mol. The SMILES string of the molecule is C[C@H](NC(=O)c1cccc(S(=O)(=O)N(C)C)c1)C(=O)Nc1nc(-c2ccccc2)cs1. The Morgan fingerprint density at radius 1 is 1.06 bits per heavy atom. The second-order valence-electron chi connectivity index (χ2n) is 6.90. The molecular formula is C21H22N4O4S2. The summed E-state index contributed by atoms with van der Waals surface area (Å²) >= 11 is 1.29. The van der Waals surface area contributed by atoms with Crippen LogP contribution in [0.25, 0.3) is 11.3 Å². The average Bonchev–Trinajstić information content (AvgIpc) is 3.22. The van der Waals surface area contributed by atoms with Gasteiger partial charge in [0.15, 0.2) is 5.13 Å². The molecule has 3 aromatic rings. The summed E-state index contributed by atoms with van der Waals surface area (Å²) in [6.07, 6.45) is 0. The van der Waals surface area contributed by atoms with Crippen molar-refractivity contribution in [3.05, 3.63) is 65.5 Å². The smallest absolute Gasteiger partial charge is 0.251 e. The van der Waals surface area contributed by atoms with Gasteiger partial charge in [-0.1, -0.05) is 36.4 Å². The molecule has 2 N–H and O–H groups in total. The van der Waals surface area contributed by atoms with Gasteiger partial charge in [0.05, 0.1) is 10.6 Å². The number of aromatic nitrogens is 1. The molecule has 0 unspecified atom stereocenters. The first-order chi connectivity index (χ1) is 14.7. The molecule has 0 saturated carbocycles. The lowest BCUT2D eigenvalue weighted by Gasteiger charge is -2.14. The molecule has 0 bridgehead atoms. The highest BCUT2D eigenvalue weighted by Crippen LogP contribution is 2.24. The van der Waals surface area contributed by atoms with Crippen molar-refractivity contribution in [3.8, 4) is 11.3 Å². The van der Waals surface area contributed by atoms with Crippen LogP contribution in [0.5, 0.6) is 0 Å². The summed E-state index contributed by atoms with van der Waals surface area (Å²) in [6.45, 7) is 1.54. The molecule has 162 valence electrons. The lowest BCUT2D eigenvalue weighted by molar-refractivity contribution is -0.117. The Labute approximate surface area is 185 Å². The molecule has 31 heavy (non-hydrogen) atoms. The minimum Gasteiger partial charge on any atom is -0.341 e. The fourth-order valence-electron chi connectivity index (χ4n) is 2.64. The quantitative estimate of drug-likeness (QED) is 0.566. The first-order valence-corrected chi connectivity index (χ1v) is 11.7. The molecule has 2 amide bonds. The van der Waals surface area contributed by atoms with Gasteiger partial charge in [0.2, 0.25) is 15.9 Å². The summed E-state index contributed by atoms with van der Waals surface area (Å²) < 4.78 is 25.6. The summed E-state index contributed by atoms with van der Waals surface area (Å²) in [6, 6.07) is 14.4. The lowest BCUT2D eigenvalue weighted by Crippen LogP contribution is -2.41. The van der Waals surface area contributed by atoms with Crippen LogP contribution in [0.1, 0.15) is 17.3 Å². The number of nitrogens with zero attached hydrogens (tertiary/aromatic N) is 2. The summed E-state index contributed by atoms with van der Waals surface area (Å²) in [7, 11) is -0.846. The summed E-state index contributed by atoms with van der Waals surface area (Å²) in [5.41, 5.74) is 1.83. The normalized spacial score (nSPS) is 12.4. The van der Waals surface area contributed by atoms with Gasteiger partial charge in [-0.3, -0.25) is 9.59 Å². The van der Waals surface area contributed by atoms with E-state index in [1.807, 2.05) is 35.7 Å². The number of anilines is 1. The molecule has 0 aliphatic carbocycles. The van der Waals surface area contributed by atoms with Gasteiger partial charge in [-0.05, 0) is 25.1 Å². The molecule has 0 aliphatic heterocycles. The van der Waals surface area contributed by atoms with Gasteiger partial charge >= 0.3 is 0 Å². The molecule has 0 aliphatic rings. The Balaban J connectivity index is 1.65. The molecule has 0 radical (unpaired) electrons. The number of thiazole rings is 1. The van der Waals surface area contributed by atoms with Crippen molar-refractivity contribution in [2.24, 2.45) is 0 Å². The molecule has 2 aromatic carbocycles. The van der Waals surface area contributed by atoms with Crippen molar-refractivity contribution < 1.29 is 18.0 Å². The molecule has 0 spiro atoms. The highest BCUT2D eigenvalue weighted by atomic mass is 32.2. The van der Waals surface area contributed by atoms with Crippen molar-refractivity contribution >= 4 is 38.3 Å². The van der Waals surface area contributed by atoms with Gasteiger partial charge in [-0.2, -0.15) is 0 Å². The van der Waals surface area contributed by atoms with Gasteiger partial charge < -0.3 is 10.6 Å². The number of amides is 2. The molecule has 0 fully saturated rings. The van der Waals surface area contributed by atoms with Gasteiger partial charge in [-0.15, -0.1) is 11.3 Å². The van der Waals surface area contributed by atoms with Gasteiger partial charge in [0, 0.05) is 30.6 Å². The van der Waals surface area contributed by atoms with Crippen LogP contribution in [0.4, 0.5) is 5.13 Å². The lowest BCUT2D eigenvalue weighted by atomic mass is 10.2. The van der Waals surface area contributed by atoms with Crippen molar-refractivity contribution in [2.45, 2.75) is 17.9 Å². The molecule has 1 heterocycles. The monoisotopic (exact) mass is 458 g/mol. The Bertz CT molecular complexity index is 1190. The molecule has 0 saturated heterocycles. The van der Waals surface area contributed by atoms with E-state index in [1.165, 1.54) is 49.7 Å². The molecule has 10 heteroatoms. The van der Waals surface area contributed by atoms with Gasteiger partial charge in [-0.25, -0.2) is 17.7 Å². The first kappa shape index (κ1) is 22.6. The third-order valence-electron chi connectivity index (χ3n) is 4.42. The zero-order valence-electron chi connectivity index (χ0n) is 17.2. The molecule has 3 rings (SSSR count). The molecule has 1 atom stereocenters. The van der Waals surface area contributed by atoms with E-state index in [1.54, 1.807) is 6.92 Å². The van der Waals surface area contributed by atoms with E-state index >= 15 is 0 Å². The second-order valence-corrected chi connectivity index (χ2v) is 9.91. The highest BCUT2D eigenvalue weighted by molar-refractivity contribution is 7.89. The van der Waals surface area contributed by atoms with E-state index in [9.17, 15) is 18.0 Å². The zero-order chi connectivity index (χ0) is 22.6. The highest BCUT2D eigenvalue weighted by Gasteiger charge is 2.21. The van der Waals surface area contributed by atoms with E-state index < -0.39 is 27.9 Å². The van der Waals surface area contributed by atoms with Crippen LogP contribution in [0, 0.1) is 0 Å². The van der Waals surface area contributed by atoms with E-state index in [0.29, 0.717) is 5.13 Å². The minimum absolute atomic E-state index is 0.00141. The topological polar surface area (TPSA) is 108 Å². The zero-order valence-corrected chi connectivity index (χ0v) is 18.8. The van der Waals surface area contributed by atoms with E-state index in [0.717, 1.165) is 15.6 Å². The first-order valence-electron chi connectivity index (χ1n) is 9.34. The third kappa shape index (κ3) is 5.35. The number of sulfonamides is 1. The molecule has 8 nitrogen and oxygen atoms in total. The van der Waals surface area contributed by atoms with Gasteiger partial charge in [0.25, 0.3) is 5.91 Å². The predicted octanol–water partition coefficient (Wildman–Crippen LogP) is 2.82. The Morgan fingerprint density at radius 2 is 1.77 bits per heavy atom. The van der Waals surface area contributed by atoms with Crippen LogP contribution < -0.4 is 10.6 Å². The van der Waals surface area contributed by atoms with E-state index in [2.05, 4.69) is 15.6 Å². The number of nitrogens with one attached hydrogen (secondary N) is 2. The number of hydrogen-bond donors (Lipinski definition) is 2. The fourth-order valence-corrected chi connectivity index (χ4v) is 4.31. The van der Waals surface area contributed by atoms with Crippen molar-refractivity contribution in [3.63, 3.8) is 0 Å². The van der Waals surface area contributed by atoms with E-state index in [4.69, 9.17) is 0 Å². The number of benzene rings is 2. The second kappa shape index (κ2) is 9.38. The standard InChI is InChI=1S/C21H22N4O4S2/c1-14(19(26)24-21-23-18(13-30-21)15-8-5-4-6-9-15)22-20(27)16-10-7-11-17(12-16)31(28,29)25(2)3/h4-14H,1-3H3,(H,22,27)(H,23,24,26)/t14-/m0/s1. The number of rotatable bonds is 7. The number of carbonyl (C=O) groups excluding carboxylic acids is 2. The van der Waals surface area contributed by atoms with Gasteiger partial charge in [0.1, 0.15) is 6.04 Å². The maximum absolute atomic E-state index is 12.5. The van der Waals surface area contributed by atoms with E-state index in [-0.39, 0.29) is 10.5 Å². The number of carbonyl (C=O) groups is 2. The Morgan fingerprint density at radius 3 is 2.45 bits per heavy atom. The van der Waals surface area contributed by atoms with Crippen LogP contribution in [0.15, 0.2) is 64.9 Å². The molecular weight excluding hydrogens is 436 g/mol. The van der Waals surface area contributed by atoms with Crippen molar-refractivity contribution in [1.29, 1.82) is 0 Å². The van der Waals surface area contributed by atoms with Crippen molar-refractivity contribution in [1.82, 2.24) is 14.6 Å². The van der Waals surface area contributed by atoms with Crippen LogP contribution in [-0.4, -0.2) is 49.7 Å².